The Kier molecular flexibility index (Phi) is 5.15. The van der Waals surface area contributed by atoms with Crippen molar-refractivity contribution in [3.63, 3.8) is 0 Å². The largest absolute Gasteiger partial charge is 0.465 e. The van der Waals surface area contributed by atoms with Crippen LogP contribution in [-0.2, 0) is 16.2 Å². The third-order valence-electron chi connectivity index (χ3n) is 2.44. The van der Waals surface area contributed by atoms with Crippen molar-refractivity contribution in [3.05, 3.63) is 56.7 Å². The summed E-state index contributed by atoms with van der Waals surface area (Å²) < 4.78 is 5.35. The third-order valence-corrected chi connectivity index (χ3v) is 3.65. The summed E-state index contributed by atoms with van der Waals surface area (Å²) in [7, 11) is 1.35. The molecule has 0 aliphatic heterocycles. The average Bonchev–Trinajstić information content (AvgIpc) is 2.89. The van der Waals surface area contributed by atoms with Gasteiger partial charge in [0, 0.05) is 4.88 Å². The highest BCUT2D eigenvalue weighted by Gasteiger charge is 2.03. The van der Waals surface area contributed by atoms with Gasteiger partial charge in [0.15, 0.2) is 6.61 Å². The minimum absolute atomic E-state index is 0.362. The van der Waals surface area contributed by atoms with Crippen LogP contribution in [0.3, 0.4) is 0 Å². The van der Waals surface area contributed by atoms with Gasteiger partial charge in [0.25, 0.3) is 0 Å². The normalized spacial score (nSPS) is 10.7. The van der Waals surface area contributed by atoms with Crippen LogP contribution in [0.5, 0.6) is 0 Å². The van der Waals surface area contributed by atoms with Crippen LogP contribution in [-0.4, -0.2) is 19.3 Å². The minimum Gasteiger partial charge on any atom is -0.465 e. The summed E-state index contributed by atoms with van der Waals surface area (Å²) in [5.41, 5.74) is 1.33. The standard InChI is InChI=1S/C14H12ClNO3S/c1-18-14(17)11-4-2-10(3-5-11)8-16-19-9-12-6-7-13(15)20-12/h2-8H,9H2,1H3/b16-8+. The average molecular weight is 310 g/mol. The molecule has 0 unspecified atom stereocenters. The number of carbonyl (C=O) groups excluding carboxylic acids is 1. The number of halogens is 1. The Bertz CT molecular complexity index is 607. The van der Waals surface area contributed by atoms with Crippen LogP contribution >= 0.6 is 22.9 Å². The lowest BCUT2D eigenvalue weighted by Crippen LogP contribution is -2.00. The molecule has 4 nitrogen and oxygen atoms in total. The molecule has 1 aromatic carbocycles. The SMILES string of the molecule is COC(=O)c1ccc(/C=N/OCc2ccc(Cl)s2)cc1. The fourth-order valence-corrected chi connectivity index (χ4v) is 2.45. The first-order valence-electron chi connectivity index (χ1n) is 5.77. The van der Waals surface area contributed by atoms with Gasteiger partial charge >= 0.3 is 5.97 Å². The zero-order chi connectivity index (χ0) is 14.4. The maximum atomic E-state index is 11.3. The summed E-state index contributed by atoms with van der Waals surface area (Å²) in [4.78, 5) is 17.4. The number of benzene rings is 1. The first-order chi connectivity index (χ1) is 9.69. The Balaban J connectivity index is 1.86. The molecule has 0 aliphatic rings. The predicted molar refractivity (Wildman–Crippen MR) is 79.5 cm³/mol. The van der Waals surface area contributed by atoms with Gasteiger partial charge in [0.2, 0.25) is 0 Å². The fraction of sp³-hybridized carbons (Fsp3) is 0.143. The molecule has 0 amide bonds. The van der Waals surface area contributed by atoms with E-state index in [1.165, 1.54) is 18.4 Å². The van der Waals surface area contributed by atoms with E-state index in [2.05, 4.69) is 9.89 Å². The maximum Gasteiger partial charge on any atom is 0.337 e. The minimum atomic E-state index is -0.362. The lowest BCUT2D eigenvalue weighted by Gasteiger charge is -1.99. The zero-order valence-electron chi connectivity index (χ0n) is 10.7. The van der Waals surface area contributed by atoms with Crippen molar-refractivity contribution in [1.82, 2.24) is 0 Å². The van der Waals surface area contributed by atoms with Crippen molar-refractivity contribution < 1.29 is 14.4 Å². The molecule has 1 aromatic heterocycles. The lowest BCUT2D eigenvalue weighted by atomic mass is 10.1. The molecule has 0 spiro atoms. The molecular formula is C14H12ClNO3S. The third kappa shape index (κ3) is 4.08. The Hall–Kier alpha value is -1.85. The zero-order valence-corrected chi connectivity index (χ0v) is 12.3. The van der Waals surface area contributed by atoms with Crippen LogP contribution in [0.15, 0.2) is 41.6 Å². The van der Waals surface area contributed by atoms with Gasteiger partial charge in [-0.05, 0) is 29.8 Å². The number of methoxy groups -OCH3 is 1. The highest BCUT2D eigenvalue weighted by Crippen LogP contribution is 2.21. The molecule has 0 aliphatic carbocycles. The topological polar surface area (TPSA) is 47.9 Å². The molecule has 0 fully saturated rings. The van der Waals surface area contributed by atoms with Gasteiger partial charge in [0.1, 0.15) is 0 Å². The molecule has 0 radical (unpaired) electrons. The molecule has 0 atom stereocenters. The van der Waals surface area contributed by atoms with Gasteiger partial charge in [-0.25, -0.2) is 4.79 Å². The number of carbonyl (C=O) groups is 1. The summed E-state index contributed by atoms with van der Waals surface area (Å²) in [5, 5.41) is 3.86. The Morgan fingerprint density at radius 3 is 2.65 bits per heavy atom. The van der Waals surface area contributed by atoms with E-state index in [4.69, 9.17) is 16.4 Å². The summed E-state index contributed by atoms with van der Waals surface area (Å²) in [5.74, 6) is -0.362. The van der Waals surface area contributed by atoms with E-state index < -0.39 is 0 Å². The molecule has 20 heavy (non-hydrogen) atoms. The van der Waals surface area contributed by atoms with Crippen LogP contribution < -0.4 is 0 Å². The van der Waals surface area contributed by atoms with Crippen molar-refractivity contribution in [2.24, 2.45) is 5.16 Å². The van der Waals surface area contributed by atoms with E-state index >= 15 is 0 Å². The van der Waals surface area contributed by atoms with Gasteiger partial charge in [-0.1, -0.05) is 28.9 Å². The second-order valence-electron chi connectivity index (χ2n) is 3.83. The van der Waals surface area contributed by atoms with Crippen molar-refractivity contribution in [2.45, 2.75) is 6.61 Å². The highest BCUT2D eigenvalue weighted by atomic mass is 35.5. The fourth-order valence-electron chi connectivity index (χ4n) is 1.45. The monoisotopic (exact) mass is 309 g/mol. The number of rotatable bonds is 5. The van der Waals surface area contributed by atoms with E-state index in [-0.39, 0.29) is 5.97 Å². The molecule has 1 heterocycles. The Morgan fingerprint density at radius 1 is 1.30 bits per heavy atom. The lowest BCUT2D eigenvalue weighted by molar-refractivity contribution is 0.0601. The number of oxime groups is 1. The van der Waals surface area contributed by atoms with Gasteiger partial charge in [-0.3, -0.25) is 0 Å². The number of hydrogen-bond acceptors (Lipinski definition) is 5. The van der Waals surface area contributed by atoms with Crippen LogP contribution in [0.2, 0.25) is 4.34 Å². The van der Waals surface area contributed by atoms with Crippen molar-refractivity contribution in [1.29, 1.82) is 0 Å². The molecule has 0 bridgehead atoms. The molecule has 2 aromatic rings. The van der Waals surface area contributed by atoms with E-state index in [0.717, 1.165) is 14.8 Å². The number of hydrogen-bond donors (Lipinski definition) is 0. The van der Waals surface area contributed by atoms with Gasteiger partial charge in [-0.15, -0.1) is 11.3 Å². The smallest absolute Gasteiger partial charge is 0.337 e. The quantitative estimate of drug-likeness (QED) is 0.480. The van der Waals surface area contributed by atoms with E-state index in [9.17, 15) is 4.79 Å². The highest BCUT2D eigenvalue weighted by molar-refractivity contribution is 7.16. The van der Waals surface area contributed by atoms with Crippen LogP contribution in [0, 0.1) is 0 Å². The first-order valence-corrected chi connectivity index (χ1v) is 6.96. The molecule has 0 saturated carbocycles. The number of ether oxygens (including phenoxy) is 1. The molecule has 2 rings (SSSR count). The van der Waals surface area contributed by atoms with Crippen LogP contribution in [0.4, 0.5) is 0 Å². The number of esters is 1. The number of thiophene rings is 1. The van der Waals surface area contributed by atoms with Crippen molar-refractivity contribution in [2.75, 3.05) is 7.11 Å². The molecule has 0 saturated heterocycles. The van der Waals surface area contributed by atoms with E-state index in [1.807, 2.05) is 12.1 Å². The summed E-state index contributed by atoms with van der Waals surface area (Å²) >= 11 is 7.26. The second-order valence-corrected chi connectivity index (χ2v) is 5.63. The molecular weight excluding hydrogens is 298 g/mol. The maximum absolute atomic E-state index is 11.3. The van der Waals surface area contributed by atoms with Crippen LogP contribution in [0.25, 0.3) is 0 Å². The number of nitrogens with zero attached hydrogens (tertiary/aromatic N) is 1. The molecule has 0 N–H and O–H groups in total. The van der Waals surface area contributed by atoms with Crippen LogP contribution in [0.1, 0.15) is 20.8 Å². The summed E-state index contributed by atoms with van der Waals surface area (Å²) in [6, 6.07) is 10.6. The van der Waals surface area contributed by atoms with E-state index in [0.29, 0.717) is 12.2 Å². The van der Waals surface area contributed by atoms with Gasteiger partial charge in [-0.2, -0.15) is 0 Å². The molecule has 104 valence electrons. The van der Waals surface area contributed by atoms with E-state index in [1.54, 1.807) is 30.5 Å². The summed E-state index contributed by atoms with van der Waals surface area (Å²) in [6.07, 6.45) is 1.58. The van der Waals surface area contributed by atoms with Gasteiger partial charge in [0.05, 0.1) is 23.2 Å². The summed E-state index contributed by atoms with van der Waals surface area (Å²) in [6.45, 7) is 0.383. The van der Waals surface area contributed by atoms with Crippen molar-refractivity contribution in [3.8, 4) is 0 Å². The second kappa shape index (κ2) is 7.07. The van der Waals surface area contributed by atoms with Crippen molar-refractivity contribution >= 4 is 35.1 Å². The Labute approximate surface area is 125 Å². The molecule has 6 heteroatoms. The Morgan fingerprint density at radius 2 is 2.05 bits per heavy atom. The first kappa shape index (κ1) is 14.6. The predicted octanol–water partition coefficient (Wildman–Crippen LogP) is 3.74. The van der Waals surface area contributed by atoms with Gasteiger partial charge < -0.3 is 9.57 Å².